The zero-order chi connectivity index (χ0) is 14.7. The van der Waals surface area contributed by atoms with Crippen molar-refractivity contribution >= 4 is 11.8 Å². The minimum absolute atomic E-state index is 0.489. The SMILES string of the molecule is CCc1nnc(CN(C)c2ncc(C)c(N(C)C)n2)o1. The molecule has 0 radical (unpaired) electrons. The van der Waals surface area contributed by atoms with Crippen molar-refractivity contribution in [2.45, 2.75) is 26.8 Å². The minimum atomic E-state index is 0.489. The lowest BCUT2D eigenvalue weighted by Gasteiger charge is -2.19. The van der Waals surface area contributed by atoms with Gasteiger partial charge in [-0.15, -0.1) is 10.2 Å². The average molecular weight is 276 g/mol. The van der Waals surface area contributed by atoms with E-state index >= 15 is 0 Å². The monoisotopic (exact) mass is 276 g/mol. The van der Waals surface area contributed by atoms with Gasteiger partial charge in [0.2, 0.25) is 17.7 Å². The van der Waals surface area contributed by atoms with Crippen LogP contribution in [0, 0.1) is 6.92 Å². The molecule has 0 amide bonds. The second-order valence-corrected chi connectivity index (χ2v) is 4.87. The Balaban J connectivity index is 2.16. The molecule has 0 aliphatic carbocycles. The van der Waals surface area contributed by atoms with Crippen LogP contribution in [-0.2, 0) is 13.0 Å². The molecule has 7 heteroatoms. The molecule has 0 atom stereocenters. The first-order chi connectivity index (χ1) is 9.51. The fraction of sp³-hybridized carbons (Fsp3) is 0.538. The van der Waals surface area contributed by atoms with Gasteiger partial charge in [0.25, 0.3) is 0 Å². The Hall–Kier alpha value is -2.18. The predicted octanol–water partition coefficient (Wildman–Crippen LogP) is 1.43. The lowest BCUT2D eigenvalue weighted by molar-refractivity contribution is 0.451. The maximum absolute atomic E-state index is 5.50. The van der Waals surface area contributed by atoms with Gasteiger partial charge in [0.1, 0.15) is 5.82 Å². The predicted molar refractivity (Wildman–Crippen MR) is 76.9 cm³/mol. The van der Waals surface area contributed by atoms with Gasteiger partial charge in [0, 0.05) is 39.3 Å². The zero-order valence-corrected chi connectivity index (χ0v) is 12.6. The van der Waals surface area contributed by atoms with Crippen LogP contribution in [0.3, 0.4) is 0 Å². The van der Waals surface area contributed by atoms with Crippen LogP contribution in [0.4, 0.5) is 11.8 Å². The van der Waals surface area contributed by atoms with Gasteiger partial charge in [-0.2, -0.15) is 4.98 Å². The van der Waals surface area contributed by atoms with Gasteiger partial charge in [-0.1, -0.05) is 6.92 Å². The molecule has 0 bridgehead atoms. The van der Waals surface area contributed by atoms with Crippen molar-refractivity contribution in [1.29, 1.82) is 0 Å². The molecule has 2 rings (SSSR count). The summed E-state index contributed by atoms with van der Waals surface area (Å²) in [5, 5.41) is 7.95. The number of anilines is 2. The molecule has 0 N–H and O–H groups in total. The molecule has 7 nitrogen and oxygen atoms in total. The molecule has 0 saturated carbocycles. The molecule has 108 valence electrons. The molecule has 2 aromatic heterocycles. The lowest BCUT2D eigenvalue weighted by atomic mass is 10.3. The summed E-state index contributed by atoms with van der Waals surface area (Å²) in [4.78, 5) is 12.7. The summed E-state index contributed by atoms with van der Waals surface area (Å²) >= 11 is 0. The molecule has 0 unspecified atom stereocenters. The quantitative estimate of drug-likeness (QED) is 0.818. The molecule has 0 saturated heterocycles. The summed E-state index contributed by atoms with van der Waals surface area (Å²) in [6, 6.07) is 0. The van der Waals surface area contributed by atoms with Crippen molar-refractivity contribution in [3.8, 4) is 0 Å². The van der Waals surface area contributed by atoms with Crippen LogP contribution in [0.15, 0.2) is 10.6 Å². The first-order valence-corrected chi connectivity index (χ1v) is 6.54. The standard InChI is InChI=1S/C13H20N6O/c1-6-10-16-17-11(20-10)8-19(5)13-14-7-9(2)12(15-13)18(3)4/h7H,6,8H2,1-5H3. The van der Waals surface area contributed by atoms with Crippen molar-refractivity contribution in [1.82, 2.24) is 20.2 Å². The van der Waals surface area contributed by atoms with Crippen LogP contribution >= 0.6 is 0 Å². The molecule has 0 spiro atoms. The molecule has 2 aromatic rings. The maximum Gasteiger partial charge on any atom is 0.235 e. The number of aromatic nitrogens is 4. The fourth-order valence-corrected chi connectivity index (χ4v) is 1.83. The third-order valence-electron chi connectivity index (χ3n) is 2.88. The summed E-state index contributed by atoms with van der Waals surface area (Å²) in [5.74, 6) is 2.75. The summed E-state index contributed by atoms with van der Waals surface area (Å²) in [6.07, 6.45) is 2.56. The van der Waals surface area contributed by atoms with Gasteiger partial charge in [0.05, 0.1) is 6.54 Å². The molecule has 0 aliphatic heterocycles. The Morgan fingerprint density at radius 1 is 1.15 bits per heavy atom. The topological polar surface area (TPSA) is 71.2 Å². The highest BCUT2D eigenvalue weighted by atomic mass is 16.4. The van der Waals surface area contributed by atoms with Gasteiger partial charge in [-0.05, 0) is 6.92 Å². The molecule has 0 fully saturated rings. The Morgan fingerprint density at radius 3 is 2.45 bits per heavy atom. The van der Waals surface area contributed by atoms with E-state index in [1.807, 2.05) is 51.0 Å². The van der Waals surface area contributed by atoms with E-state index < -0.39 is 0 Å². The first-order valence-electron chi connectivity index (χ1n) is 6.54. The van der Waals surface area contributed by atoms with Gasteiger partial charge < -0.3 is 14.2 Å². The molecular weight excluding hydrogens is 256 g/mol. The second-order valence-electron chi connectivity index (χ2n) is 4.87. The van der Waals surface area contributed by atoms with E-state index in [2.05, 4.69) is 20.2 Å². The van der Waals surface area contributed by atoms with Gasteiger partial charge in [-0.3, -0.25) is 0 Å². The van der Waals surface area contributed by atoms with E-state index in [0.717, 1.165) is 17.8 Å². The van der Waals surface area contributed by atoms with E-state index in [0.29, 0.717) is 24.3 Å². The Kier molecular flexibility index (Phi) is 4.16. The van der Waals surface area contributed by atoms with Crippen LogP contribution in [-0.4, -0.2) is 41.3 Å². The van der Waals surface area contributed by atoms with Gasteiger partial charge in [-0.25, -0.2) is 4.98 Å². The first kappa shape index (κ1) is 14.2. The Morgan fingerprint density at radius 2 is 1.85 bits per heavy atom. The van der Waals surface area contributed by atoms with Crippen molar-refractivity contribution in [2.75, 3.05) is 30.9 Å². The van der Waals surface area contributed by atoms with Gasteiger partial charge >= 0.3 is 0 Å². The van der Waals surface area contributed by atoms with Crippen LogP contribution in [0.25, 0.3) is 0 Å². The molecule has 0 aliphatic rings. The van der Waals surface area contributed by atoms with Crippen molar-refractivity contribution in [2.24, 2.45) is 0 Å². The number of nitrogens with zero attached hydrogens (tertiary/aromatic N) is 6. The van der Waals surface area contributed by atoms with Crippen molar-refractivity contribution in [3.05, 3.63) is 23.5 Å². The highest BCUT2D eigenvalue weighted by molar-refractivity contribution is 5.48. The third kappa shape index (κ3) is 3.04. The normalized spacial score (nSPS) is 10.7. The van der Waals surface area contributed by atoms with Crippen LogP contribution in [0.2, 0.25) is 0 Å². The Bertz CT molecular complexity index is 580. The van der Waals surface area contributed by atoms with Crippen LogP contribution in [0.1, 0.15) is 24.3 Å². The number of hydrogen-bond acceptors (Lipinski definition) is 7. The highest BCUT2D eigenvalue weighted by Gasteiger charge is 2.13. The lowest BCUT2D eigenvalue weighted by Crippen LogP contribution is -2.21. The largest absolute Gasteiger partial charge is 0.423 e. The summed E-state index contributed by atoms with van der Waals surface area (Å²) < 4.78 is 5.50. The molecule has 0 aromatic carbocycles. The summed E-state index contributed by atoms with van der Waals surface area (Å²) in [7, 11) is 5.83. The maximum atomic E-state index is 5.50. The van der Waals surface area contributed by atoms with Crippen LogP contribution in [0.5, 0.6) is 0 Å². The molecule has 20 heavy (non-hydrogen) atoms. The van der Waals surface area contributed by atoms with E-state index in [1.54, 1.807) is 0 Å². The minimum Gasteiger partial charge on any atom is -0.423 e. The van der Waals surface area contributed by atoms with Crippen LogP contribution < -0.4 is 9.80 Å². The molecular formula is C13H20N6O. The number of hydrogen-bond donors (Lipinski definition) is 0. The second kappa shape index (κ2) is 5.85. The van der Waals surface area contributed by atoms with E-state index in [-0.39, 0.29) is 0 Å². The summed E-state index contributed by atoms with van der Waals surface area (Å²) in [5.41, 5.74) is 1.04. The summed E-state index contributed by atoms with van der Waals surface area (Å²) in [6.45, 7) is 4.46. The van der Waals surface area contributed by atoms with Crippen molar-refractivity contribution in [3.63, 3.8) is 0 Å². The van der Waals surface area contributed by atoms with Crippen molar-refractivity contribution < 1.29 is 4.42 Å². The number of rotatable bonds is 5. The van der Waals surface area contributed by atoms with E-state index in [1.165, 1.54) is 0 Å². The van der Waals surface area contributed by atoms with Gasteiger partial charge in [0.15, 0.2) is 0 Å². The Labute approximate surface area is 118 Å². The zero-order valence-electron chi connectivity index (χ0n) is 12.6. The number of aryl methyl sites for hydroxylation is 2. The van der Waals surface area contributed by atoms with E-state index in [9.17, 15) is 0 Å². The smallest absolute Gasteiger partial charge is 0.235 e. The molecule has 2 heterocycles. The average Bonchev–Trinajstić information content (AvgIpc) is 2.86. The van der Waals surface area contributed by atoms with E-state index in [4.69, 9.17) is 4.42 Å². The fourth-order valence-electron chi connectivity index (χ4n) is 1.83. The highest BCUT2D eigenvalue weighted by Crippen LogP contribution is 2.18. The third-order valence-corrected chi connectivity index (χ3v) is 2.88.